The van der Waals surface area contributed by atoms with E-state index < -0.39 is 5.54 Å². The van der Waals surface area contributed by atoms with Crippen molar-refractivity contribution in [2.45, 2.75) is 50.1 Å². The summed E-state index contributed by atoms with van der Waals surface area (Å²) in [4.78, 5) is 23.4. The third-order valence-electron chi connectivity index (χ3n) is 3.65. The molecule has 2 fully saturated rings. The Morgan fingerprint density at radius 3 is 2.58 bits per heavy atom. The maximum atomic E-state index is 12.0. The summed E-state index contributed by atoms with van der Waals surface area (Å²) in [6, 6.07) is 0.400. The molecule has 6 nitrogen and oxygen atoms in total. The zero-order valence-electron chi connectivity index (χ0n) is 11.2. The van der Waals surface area contributed by atoms with Gasteiger partial charge >= 0.3 is 0 Å². The van der Waals surface area contributed by atoms with Gasteiger partial charge in [-0.25, -0.2) is 0 Å². The van der Waals surface area contributed by atoms with Gasteiger partial charge in [-0.2, -0.15) is 0 Å². The molecule has 2 rings (SSSR count). The van der Waals surface area contributed by atoms with Crippen molar-refractivity contribution in [3.8, 4) is 0 Å². The van der Waals surface area contributed by atoms with Gasteiger partial charge in [0.2, 0.25) is 11.8 Å². The van der Waals surface area contributed by atoms with E-state index in [0.717, 1.165) is 12.8 Å². The molecule has 0 aromatic heterocycles. The number of amides is 2. The van der Waals surface area contributed by atoms with Crippen LogP contribution in [0.25, 0.3) is 0 Å². The molecule has 0 atom stereocenters. The lowest BCUT2D eigenvalue weighted by Gasteiger charge is -2.31. The molecule has 0 aromatic rings. The Balaban J connectivity index is 1.59. The third kappa shape index (κ3) is 4.47. The Bertz CT molecular complexity index is 336. The number of carbonyl (C=O) groups is 2. The van der Waals surface area contributed by atoms with Crippen molar-refractivity contribution in [2.75, 3.05) is 19.8 Å². The van der Waals surface area contributed by atoms with Gasteiger partial charge in [-0.15, -0.1) is 0 Å². The Hall–Kier alpha value is -1.14. The van der Waals surface area contributed by atoms with Crippen LogP contribution in [-0.2, 0) is 14.3 Å². The number of rotatable bonds is 6. The average Bonchev–Trinajstić information content (AvgIpc) is 3.19. The highest BCUT2D eigenvalue weighted by atomic mass is 16.5. The summed E-state index contributed by atoms with van der Waals surface area (Å²) < 4.78 is 5.20. The van der Waals surface area contributed by atoms with Crippen LogP contribution in [0.15, 0.2) is 0 Å². The lowest BCUT2D eigenvalue weighted by Crippen LogP contribution is -2.57. The molecule has 0 unspecified atom stereocenters. The van der Waals surface area contributed by atoms with Crippen LogP contribution in [-0.4, -0.2) is 43.2 Å². The highest BCUT2D eigenvalue weighted by molar-refractivity contribution is 5.86. The standard InChI is InChI=1S/C13H23N3O3/c14-13(5-8-19-9-6-13)12(18)15-7-1-2-11(17)16-10-3-4-10/h10H,1-9,14H2,(H,15,18)(H,16,17). The fraction of sp³-hybridized carbons (Fsp3) is 0.846. The normalized spacial score (nSPS) is 21.7. The van der Waals surface area contributed by atoms with E-state index in [4.69, 9.17) is 10.5 Å². The van der Waals surface area contributed by atoms with Crippen LogP contribution in [0.2, 0.25) is 0 Å². The van der Waals surface area contributed by atoms with Crippen LogP contribution in [0.4, 0.5) is 0 Å². The van der Waals surface area contributed by atoms with Gasteiger partial charge in [-0.3, -0.25) is 9.59 Å². The molecule has 0 radical (unpaired) electrons. The smallest absolute Gasteiger partial charge is 0.240 e. The Morgan fingerprint density at radius 2 is 1.95 bits per heavy atom. The predicted molar refractivity (Wildman–Crippen MR) is 70.4 cm³/mol. The number of carbonyl (C=O) groups excluding carboxylic acids is 2. The molecule has 4 N–H and O–H groups in total. The lowest BCUT2D eigenvalue weighted by atomic mass is 9.90. The van der Waals surface area contributed by atoms with Gasteiger partial charge in [0.15, 0.2) is 0 Å². The maximum absolute atomic E-state index is 12.0. The minimum atomic E-state index is -0.797. The summed E-state index contributed by atoms with van der Waals surface area (Å²) in [5.41, 5.74) is 5.25. The van der Waals surface area contributed by atoms with E-state index in [2.05, 4.69) is 10.6 Å². The van der Waals surface area contributed by atoms with Crippen LogP contribution >= 0.6 is 0 Å². The van der Waals surface area contributed by atoms with Crippen LogP contribution in [0.1, 0.15) is 38.5 Å². The van der Waals surface area contributed by atoms with E-state index in [-0.39, 0.29) is 11.8 Å². The Morgan fingerprint density at radius 1 is 1.26 bits per heavy atom. The molecule has 1 aliphatic carbocycles. The van der Waals surface area contributed by atoms with Crippen molar-refractivity contribution in [1.82, 2.24) is 10.6 Å². The van der Waals surface area contributed by atoms with Crippen LogP contribution < -0.4 is 16.4 Å². The molecule has 0 aromatic carbocycles. The van der Waals surface area contributed by atoms with Crippen LogP contribution in [0, 0.1) is 0 Å². The molecule has 19 heavy (non-hydrogen) atoms. The number of nitrogens with two attached hydrogens (primary N) is 1. The molecule has 2 aliphatic rings. The number of ether oxygens (including phenoxy) is 1. The molecular formula is C13H23N3O3. The van der Waals surface area contributed by atoms with Crippen molar-refractivity contribution in [3.05, 3.63) is 0 Å². The summed E-state index contributed by atoms with van der Waals surface area (Å²) >= 11 is 0. The molecule has 2 amide bonds. The first-order valence-corrected chi connectivity index (χ1v) is 7.04. The second kappa shape index (κ2) is 6.34. The molecule has 1 aliphatic heterocycles. The van der Waals surface area contributed by atoms with Gasteiger partial charge in [-0.05, 0) is 32.1 Å². The Labute approximate surface area is 113 Å². The van der Waals surface area contributed by atoms with Crippen molar-refractivity contribution < 1.29 is 14.3 Å². The topological polar surface area (TPSA) is 93.5 Å². The van der Waals surface area contributed by atoms with Gasteiger partial charge in [0, 0.05) is 32.2 Å². The zero-order chi connectivity index (χ0) is 13.7. The summed E-state index contributed by atoms with van der Waals surface area (Å²) in [6.45, 7) is 1.57. The Kier molecular flexibility index (Phi) is 4.76. The molecule has 0 spiro atoms. The number of hydrogen-bond donors (Lipinski definition) is 3. The summed E-state index contributed by atoms with van der Waals surface area (Å²) in [7, 11) is 0. The summed E-state index contributed by atoms with van der Waals surface area (Å²) in [5, 5.41) is 5.74. The summed E-state index contributed by atoms with van der Waals surface area (Å²) in [5.74, 6) is -0.0521. The minimum Gasteiger partial charge on any atom is -0.381 e. The summed E-state index contributed by atoms with van der Waals surface area (Å²) in [6.07, 6.45) is 4.41. The van der Waals surface area contributed by atoms with Crippen molar-refractivity contribution >= 4 is 11.8 Å². The van der Waals surface area contributed by atoms with E-state index >= 15 is 0 Å². The van der Waals surface area contributed by atoms with Gasteiger partial charge < -0.3 is 21.1 Å². The first-order chi connectivity index (χ1) is 9.10. The SMILES string of the molecule is NC1(C(=O)NCCCC(=O)NC2CC2)CCOCC1. The van der Waals surface area contributed by atoms with Gasteiger partial charge in [0.1, 0.15) is 0 Å². The average molecular weight is 269 g/mol. The largest absolute Gasteiger partial charge is 0.381 e. The van der Waals surface area contributed by atoms with Gasteiger partial charge in [0.25, 0.3) is 0 Å². The fourth-order valence-corrected chi connectivity index (χ4v) is 2.12. The zero-order valence-corrected chi connectivity index (χ0v) is 11.2. The predicted octanol–water partition coefficient (Wildman–Crippen LogP) is -0.331. The van der Waals surface area contributed by atoms with Gasteiger partial charge in [0.05, 0.1) is 5.54 Å². The van der Waals surface area contributed by atoms with E-state index in [0.29, 0.717) is 51.5 Å². The van der Waals surface area contributed by atoms with Crippen LogP contribution in [0.5, 0.6) is 0 Å². The minimum absolute atomic E-state index is 0.0743. The lowest BCUT2D eigenvalue weighted by molar-refractivity contribution is -0.130. The second-order valence-electron chi connectivity index (χ2n) is 5.47. The number of nitrogens with one attached hydrogen (secondary N) is 2. The van der Waals surface area contributed by atoms with E-state index in [1.165, 1.54) is 0 Å². The van der Waals surface area contributed by atoms with E-state index in [9.17, 15) is 9.59 Å². The molecular weight excluding hydrogens is 246 g/mol. The van der Waals surface area contributed by atoms with Gasteiger partial charge in [-0.1, -0.05) is 0 Å². The molecule has 1 heterocycles. The van der Waals surface area contributed by atoms with Crippen molar-refractivity contribution in [3.63, 3.8) is 0 Å². The highest BCUT2D eigenvalue weighted by Crippen LogP contribution is 2.19. The fourth-order valence-electron chi connectivity index (χ4n) is 2.12. The third-order valence-corrected chi connectivity index (χ3v) is 3.65. The van der Waals surface area contributed by atoms with E-state index in [1.807, 2.05) is 0 Å². The molecule has 108 valence electrons. The maximum Gasteiger partial charge on any atom is 0.240 e. The quantitative estimate of drug-likeness (QED) is 0.576. The van der Waals surface area contributed by atoms with Crippen LogP contribution in [0.3, 0.4) is 0 Å². The van der Waals surface area contributed by atoms with Crippen molar-refractivity contribution in [2.24, 2.45) is 5.73 Å². The first kappa shape index (κ1) is 14.3. The second-order valence-corrected chi connectivity index (χ2v) is 5.47. The molecule has 6 heteroatoms. The number of hydrogen-bond acceptors (Lipinski definition) is 4. The first-order valence-electron chi connectivity index (χ1n) is 7.04. The highest BCUT2D eigenvalue weighted by Gasteiger charge is 2.35. The molecule has 0 bridgehead atoms. The molecule has 1 saturated heterocycles. The molecule has 1 saturated carbocycles. The monoisotopic (exact) mass is 269 g/mol. The van der Waals surface area contributed by atoms with E-state index in [1.54, 1.807) is 0 Å². The van der Waals surface area contributed by atoms with Crippen molar-refractivity contribution in [1.29, 1.82) is 0 Å².